The second-order valence-electron chi connectivity index (χ2n) is 6.91. The third kappa shape index (κ3) is 5.91. The molecule has 2 amide bonds. The van der Waals surface area contributed by atoms with E-state index in [1.807, 2.05) is 12.1 Å². The fourth-order valence-corrected chi connectivity index (χ4v) is 3.17. The van der Waals surface area contributed by atoms with Crippen LogP contribution in [-0.2, 0) is 9.59 Å². The van der Waals surface area contributed by atoms with Crippen molar-refractivity contribution in [1.29, 1.82) is 5.26 Å². The molecule has 29 heavy (non-hydrogen) atoms. The zero-order valence-electron chi connectivity index (χ0n) is 16.0. The Kier molecular flexibility index (Phi) is 6.59. The van der Waals surface area contributed by atoms with Crippen molar-refractivity contribution in [1.82, 2.24) is 9.88 Å². The van der Waals surface area contributed by atoms with Crippen LogP contribution in [0.15, 0.2) is 53.0 Å². The van der Waals surface area contributed by atoms with E-state index >= 15 is 0 Å². The van der Waals surface area contributed by atoms with Crippen LogP contribution < -0.4 is 10.9 Å². The number of nitrogens with zero attached hydrogens (tertiary/aromatic N) is 2. The maximum absolute atomic E-state index is 12.4. The summed E-state index contributed by atoms with van der Waals surface area (Å²) in [7, 11) is 0. The number of pyridine rings is 1. The van der Waals surface area contributed by atoms with Crippen LogP contribution >= 0.6 is 0 Å². The number of carbonyl (C=O) groups is 2. The highest BCUT2D eigenvalue weighted by molar-refractivity contribution is 5.93. The molecule has 2 aromatic rings. The van der Waals surface area contributed by atoms with Crippen molar-refractivity contribution in [2.24, 2.45) is 0 Å². The van der Waals surface area contributed by atoms with E-state index in [1.54, 1.807) is 17.0 Å². The molecule has 3 rings (SSSR count). The van der Waals surface area contributed by atoms with Gasteiger partial charge in [0.2, 0.25) is 17.4 Å². The van der Waals surface area contributed by atoms with Gasteiger partial charge in [0.1, 0.15) is 0 Å². The van der Waals surface area contributed by atoms with Gasteiger partial charge >= 0.3 is 0 Å². The van der Waals surface area contributed by atoms with Crippen molar-refractivity contribution < 1.29 is 9.59 Å². The number of aromatic nitrogens is 1. The smallest absolute Gasteiger partial charge is 0.248 e. The Balaban J connectivity index is 1.44. The van der Waals surface area contributed by atoms with Crippen molar-refractivity contribution in [2.45, 2.75) is 25.7 Å². The van der Waals surface area contributed by atoms with Gasteiger partial charge in [0.05, 0.1) is 17.3 Å². The number of amides is 2. The van der Waals surface area contributed by atoms with Crippen LogP contribution in [0.5, 0.6) is 0 Å². The molecule has 7 heteroatoms. The first-order chi connectivity index (χ1) is 14.0. The number of hydrogen-bond donors (Lipinski definition) is 2. The third-order valence-electron chi connectivity index (χ3n) is 4.80. The highest BCUT2D eigenvalue weighted by atomic mass is 16.2. The van der Waals surface area contributed by atoms with Crippen LogP contribution in [0.4, 0.5) is 5.69 Å². The van der Waals surface area contributed by atoms with Crippen molar-refractivity contribution in [3.05, 3.63) is 69.6 Å². The molecular weight excluding hydrogens is 368 g/mol. The zero-order chi connectivity index (χ0) is 20.6. The van der Waals surface area contributed by atoms with Gasteiger partial charge in [-0.05, 0) is 36.6 Å². The second kappa shape index (κ2) is 9.51. The number of H-pyrrole nitrogens is 1. The summed E-state index contributed by atoms with van der Waals surface area (Å²) in [6, 6.07) is 12.4. The van der Waals surface area contributed by atoms with Crippen LogP contribution in [0.25, 0.3) is 6.08 Å². The lowest BCUT2D eigenvalue weighted by Crippen LogP contribution is -2.36. The van der Waals surface area contributed by atoms with Crippen LogP contribution in [0.1, 0.15) is 36.8 Å². The average Bonchev–Trinajstić information content (AvgIpc) is 2.75. The molecule has 0 aliphatic carbocycles. The average molecular weight is 390 g/mol. The lowest BCUT2D eigenvalue weighted by atomic mass is 10.00. The molecule has 148 valence electrons. The molecule has 0 saturated carbocycles. The minimum atomic E-state index is -0.260. The van der Waals surface area contributed by atoms with Crippen molar-refractivity contribution in [3.8, 4) is 6.07 Å². The first-order valence-electron chi connectivity index (χ1n) is 9.49. The predicted molar refractivity (Wildman–Crippen MR) is 110 cm³/mol. The molecular formula is C22H22N4O3. The number of likely N-dealkylation sites (tertiary alicyclic amines) is 1. The van der Waals surface area contributed by atoms with E-state index in [-0.39, 0.29) is 30.2 Å². The summed E-state index contributed by atoms with van der Waals surface area (Å²) in [4.78, 5) is 39.7. The zero-order valence-corrected chi connectivity index (χ0v) is 16.0. The number of piperidine rings is 1. The summed E-state index contributed by atoms with van der Waals surface area (Å²) in [6.45, 7) is 1.28. The summed E-state index contributed by atoms with van der Waals surface area (Å²) in [5, 5.41) is 11.5. The SMILES string of the molecule is N#Cc1ccc(C=C2CCN(C(=O)CCC(=O)Nc3ccc(=O)[nH]c3)CC2)cc1. The number of nitrogens with one attached hydrogen (secondary N) is 2. The van der Waals surface area contributed by atoms with Gasteiger partial charge in [0.25, 0.3) is 0 Å². The first kappa shape index (κ1) is 20.1. The number of rotatable bonds is 5. The van der Waals surface area contributed by atoms with Gasteiger partial charge in [-0.15, -0.1) is 0 Å². The van der Waals surface area contributed by atoms with Crippen molar-refractivity contribution >= 4 is 23.6 Å². The van der Waals surface area contributed by atoms with E-state index in [2.05, 4.69) is 22.4 Å². The molecule has 2 heterocycles. The molecule has 0 radical (unpaired) electrons. The number of aromatic amines is 1. The molecule has 0 unspecified atom stereocenters. The van der Waals surface area contributed by atoms with Gasteiger partial charge in [-0.1, -0.05) is 23.8 Å². The maximum Gasteiger partial charge on any atom is 0.248 e. The van der Waals surface area contributed by atoms with Crippen molar-refractivity contribution in [3.63, 3.8) is 0 Å². The Bertz CT molecular complexity index is 985. The van der Waals surface area contributed by atoms with Gasteiger partial charge < -0.3 is 15.2 Å². The van der Waals surface area contributed by atoms with Gasteiger partial charge in [-0.3, -0.25) is 14.4 Å². The van der Waals surface area contributed by atoms with E-state index in [1.165, 1.54) is 23.9 Å². The van der Waals surface area contributed by atoms with Gasteiger partial charge in [-0.25, -0.2) is 0 Å². The number of anilines is 1. The van der Waals surface area contributed by atoms with E-state index < -0.39 is 0 Å². The summed E-state index contributed by atoms with van der Waals surface area (Å²) in [6.07, 6.45) is 5.39. The van der Waals surface area contributed by atoms with Gasteiger partial charge in [0, 0.05) is 38.2 Å². The summed E-state index contributed by atoms with van der Waals surface area (Å²) in [5.74, 6) is -0.289. The van der Waals surface area contributed by atoms with E-state index in [4.69, 9.17) is 5.26 Å². The number of nitriles is 1. The summed E-state index contributed by atoms with van der Waals surface area (Å²) in [5.41, 5.74) is 3.22. The van der Waals surface area contributed by atoms with Crippen molar-refractivity contribution in [2.75, 3.05) is 18.4 Å². The molecule has 2 N–H and O–H groups in total. The normalized spacial score (nSPS) is 13.5. The summed E-state index contributed by atoms with van der Waals surface area (Å²) < 4.78 is 0. The van der Waals surface area contributed by atoms with Gasteiger partial charge in [-0.2, -0.15) is 5.26 Å². The maximum atomic E-state index is 12.4. The van der Waals surface area contributed by atoms with Crippen LogP contribution in [-0.4, -0.2) is 34.8 Å². The van der Waals surface area contributed by atoms with E-state index in [0.717, 1.165) is 18.4 Å². The molecule has 1 aliphatic rings. The second-order valence-corrected chi connectivity index (χ2v) is 6.91. The Morgan fingerprint density at radius 3 is 2.45 bits per heavy atom. The standard InChI is InChI=1S/C22H22N4O3/c23-14-18-3-1-16(2-4-18)13-17-9-11-26(12-10-17)22(29)8-7-21(28)25-19-5-6-20(27)24-15-19/h1-6,13,15H,7-12H2,(H,24,27)(H,25,28). The van der Waals surface area contributed by atoms with Crippen LogP contribution in [0, 0.1) is 11.3 Å². The first-order valence-corrected chi connectivity index (χ1v) is 9.49. The van der Waals surface area contributed by atoms with Gasteiger partial charge in [0.15, 0.2) is 0 Å². The minimum absolute atomic E-state index is 0.0287. The fraction of sp³-hybridized carbons (Fsp3) is 0.273. The molecule has 1 aliphatic heterocycles. The Labute approximate surface area is 168 Å². The number of carbonyl (C=O) groups excluding carboxylic acids is 2. The Morgan fingerprint density at radius 2 is 1.83 bits per heavy atom. The lowest BCUT2D eigenvalue weighted by molar-refractivity contribution is -0.133. The molecule has 0 bridgehead atoms. The third-order valence-corrected chi connectivity index (χ3v) is 4.80. The molecule has 7 nitrogen and oxygen atoms in total. The largest absolute Gasteiger partial charge is 0.342 e. The molecule has 0 atom stereocenters. The van der Waals surface area contributed by atoms with E-state index in [9.17, 15) is 14.4 Å². The number of hydrogen-bond acceptors (Lipinski definition) is 4. The lowest BCUT2D eigenvalue weighted by Gasteiger charge is -2.28. The monoisotopic (exact) mass is 390 g/mol. The summed E-state index contributed by atoms with van der Waals surface area (Å²) >= 11 is 0. The minimum Gasteiger partial charge on any atom is -0.342 e. The van der Waals surface area contributed by atoms with E-state index in [0.29, 0.717) is 24.3 Å². The highest BCUT2D eigenvalue weighted by Gasteiger charge is 2.19. The molecule has 1 saturated heterocycles. The van der Waals surface area contributed by atoms with Crippen LogP contribution in [0.2, 0.25) is 0 Å². The highest BCUT2D eigenvalue weighted by Crippen LogP contribution is 2.20. The fourth-order valence-electron chi connectivity index (χ4n) is 3.17. The Morgan fingerprint density at radius 1 is 1.10 bits per heavy atom. The molecule has 0 spiro atoms. The predicted octanol–water partition coefficient (Wildman–Crippen LogP) is 2.67. The topological polar surface area (TPSA) is 106 Å². The molecule has 1 fully saturated rings. The molecule has 1 aromatic carbocycles. The quantitative estimate of drug-likeness (QED) is 0.818. The van der Waals surface area contributed by atoms with Crippen LogP contribution in [0.3, 0.4) is 0 Å². The molecule has 1 aromatic heterocycles. The Hall–Kier alpha value is -3.66. The number of benzene rings is 1.